The molecule has 1 aromatic rings. The molecular weight excluding hydrogens is 500 g/mol. The van der Waals surface area contributed by atoms with Crippen LogP contribution in [0, 0.1) is 19.8 Å². The molecule has 38 heavy (non-hydrogen) atoms. The van der Waals surface area contributed by atoms with Gasteiger partial charge in [0.25, 0.3) is 0 Å². The standard InChI is InChI=1S/C29H50N4O4S/c1-7-31(4)16-12-24-13-18-33(19-14-24)26-10-8-25(9-11-26)30-28(34)15-17-32(5)38(35,36)29-22(2)20-27(37-6)21-23(29)3/h20-21,24-26H,7-19H2,1-6H3,(H,30,34). The second-order valence-electron chi connectivity index (χ2n) is 11.4. The van der Waals surface area contributed by atoms with E-state index in [1.165, 1.54) is 43.2 Å². The number of carbonyl (C=O) groups is 1. The van der Waals surface area contributed by atoms with E-state index in [1.54, 1.807) is 40.1 Å². The number of methoxy groups -OCH3 is 1. The molecule has 2 aliphatic rings. The van der Waals surface area contributed by atoms with Crippen LogP contribution >= 0.6 is 0 Å². The Kier molecular flexibility index (Phi) is 11.4. The number of aryl methyl sites for hydroxylation is 2. The van der Waals surface area contributed by atoms with Crippen LogP contribution in [0.4, 0.5) is 0 Å². The van der Waals surface area contributed by atoms with Crippen molar-refractivity contribution in [1.29, 1.82) is 0 Å². The maximum absolute atomic E-state index is 13.2. The van der Waals surface area contributed by atoms with E-state index in [2.05, 4.69) is 29.1 Å². The fourth-order valence-corrected chi connectivity index (χ4v) is 7.60. The highest BCUT2D eigenvalue weighted by molar-refractivity contribution is 7.89. The minimum absolute atomic E-state index is 0.0727. The summed E-state index contributed by atoms with van der Waals surface area (Å²) >= 11 is 0. The number of nitrogens with zero attached hydrogens (tertiary/aromatic N) is 3. The molecule has 1 aliphatic heterocycles. The van der Waals surface area contributed by atoms with Crippen molar-refractivity contribution in [2.75, 3.05) is 53.9 Å². The molecule has 1 amide bonds. The second-order valence-corrected chi connectivity index (χ2v) is 13.4. The van der Waals surface area contributed by atoms with Crippen LogP contribution in [-0.2, 0) is 14.8 Å². The van der Waals surface area contributed by atoms with Gasteiger partial charge in [0.2, 0.25) is 15.9 Å². The zero-order valence-corrected chi connectivity index (χ0v) is 25.3. The minimum atomic E-state index is -3.70. The van der Waals surface area contributed by atoms with E-state index >= 15 is 0 Å². The van der Waals surface area contributed by atoms with Gasteiger partial charge in [-0.3, -0.25) is 4.79 Å². The lowest BCUT2D eigenvalue weighted by atomic mass is 9.87. The van der Waals surface area contributed by atoms with E-state index in [4.69, 9.17) is 4.74 Å². The van der Waals surface area contributed by atoms with Crippen molar-refractivity contribution in [3.63, 3.8) is 0 Å². The largest absolute Gasteiger partial charge is 0.497 e. The predicted octanol–water partition coefficient (Wildman–Crippen LogP) is 3.80. The lowest BCUT2D eigenvalue weighted by Crippen LogP contribution is -2.47. The molecule has 0 bridgehead atoms. The smallest absolute Gasteiger partial charge is 0.243 e. The molecule has 0 spiro atoms. The Labute approximate surface area is 231 Å². The number of likely N-dealkylation sites (tertiary alicyclic amines) is 1. The fraction of sp³-hybridized carbons (Fsp3) is 0.759. The summed E-state index contributed by atoms with van der Waals surface area (Å²) in [7, 11) is 1.62. The van der Waals surface area contributed by atoms with Crippen LogP contribution in [0.5, 0.6) is 5.75 Å². The molecule has 0 unspecified atom stereocenters. The van der Waals surface area contributed by atoms with Gasteiger partial charge in [0.1, 0.15) is 5.75 Å². The zero-order chi connectivity index (χ0) is 27.9. The third kappa shape index (κ3) is 8.16. The fourth-order valence-electron chi connectivity index (χ4n) is 6.02. The van der Waals surface area contributed by atoms with Gasteiger partial charge in [0.15, 0.2) is 0 Å². The number of benzene rings is 1. The first-order chi connectivity index (χ1) is 18.0. The maximum atomic E-state index is 13.2. The van der Waals surface area contributed by atoms with Gasteiger partial charge in [-0.25, -0.2) is 12.7 Å². The molecule has 1 aliphatic carbocycles. The van der Waals surface area contributed by atoms with Crippen molar-refractivity contribution in [1.82, 2.24) is 19.4 Å². The highest BCUT2D eigenvalue weighted by Gasteiger charge is 2.30. The first-order valence-corrected chi connectivity index (χ1v) is 15.8. The molecule has 2 fully saturated rings. The van der Waals surface area contributed by atoms with E-state index in [0.29, 0.717) is 22.9 Å². The van der Waals surface area contributed by atoms with E-state index in [9.17, 15) is 13.2 Å². The van der Waals surface area contributed by atoms with Gasteiger partial charge in [-0.1, -0.05) is 6.92 Å². The first-order valence-electron chi connectivity index (χ1n) is 14.4. The number of rotatable bonds is 12. The Bertz CT molecular complexity index is 992. The molecular formula is C29H50N4O4S. The maximum Gasteiger partial charge on any atom is 0.243 e. The van der Waals surface area contributed by atoms with Crippen LogP contribution in [-0.4, -0.2) is 94.4 Å². The second kappa shape index (κ2) is 14.1. The molecule has 3 rings (SSSR count). The van der Waals surface area contributed by atoms with Crippen LogP contribution in [0.3, 0.4) is 0 Å². The van der Waals surface area contributed by atoms with E-state index < -0.39 is 10.0 Å². The van der Waals surface area contributed by atoms with Crippen LogP contribution in [0.2, 0.25) is 0 Å². The highest BCUT2D eigenvalue weighted by Crippen LogP contribution is 2.30. The number of amides is 1. The molecule has 1 heterocycles. The van der Waals surface area contributed by atoms with Gasteiger partial charge < -0.3 is 19.9 Å². The van der Waals surface area contributed by atoms with Crippen LogP contribution in [0.25, 0.3) is 0 Å². The Hall–Kier alpha value is -1.68. The van der Waals surface area contributed by atoms with Gasteiger partial charge >= 0.3 is 0 Å². The van der Waals surface area contributed by atoms with Crippen molar-refractivity contribution < 1.29 is 17.9 Å². The average Bonchev–Trinajstić information content (AvgIpc) is 2.90. The summed E-state index contributed by atoms with van der Waals surface area (Å²) in [6.07, 6.45) is 8.32. The number of carbonyl (C=O) groups excluding carboxylic acids is 1. The quantitative estimate of drug-likeness (QED) is 0.426. The molecule has 1 aromatic carbocycles. The van der Waals surface area contributed by atoms with Gasteiger partial charge in [-0.2, -0.15) is 0 Å². The number of ether oxygens (including phenoxy) is 1. The number of sulfonamides is 1. The highest BCUT2D eigenvalue weighted by atomic mass is 32.2. The lowest BCUT2D eigenvalue weighted by molar-refractivity contribution is -0.122. The summed E-state index contributed by atoms with van der Waals surface area (Å²) in [6, 6.07) is 4.28. The number of hydrogen-bond donors (Lipinski definition) is 1. The normalized spacial score (nSPS) is 21.7. The van der Waals surface area contributed by atoms with Gasteiger partial charge in [-0.05, 0) is 121 Å². The monoisotopic (exact) mass is 550 g/mol. The van der Waals surface area contributed by atoms with Gasteiger partial charge in [0.05, 0.1) is 12.0 Å². The van der Waals surface area contributed by atoms with Crippen LogP contribution in [0.1, 0.15) is 69.4 Å². The summed E-state index contributed by atoms with van der Waals surface area (Å²) in [5.41, 5.74) is 1.28. The topological polar surface area (TPSA) is 82.2 Å². The molecule has 216 valence electrons. The average molecular weight is 551 g/mol. The van der Waals surface area contributed by atoms with E-state index in [0.717, 1.165) is 38.1 Å². The predicted molar refractivity (Wildman–Crippen MR) is 153 cm³/mol. The van der Waals surface area contributed by atoms with Crippen molar-refractivity contribution in [3.8, 4) is 5.75 Å². The van der Waals surface area contributed by atoms with Gasteiger partial charge in [0, 0.05) is 32.1 Å². The molecule has 0 atom stereocenters. The molecule has 0 radical (unpaired) electrons. The summed E-state index contributed by atoms with van der Waals surface area (Å²) in [6.45, 7) is 10.6. The van der Waals surface area contributed by atoms with Crippen LogP contribution in [0.15, 0.2) is 17.0 Å². The van der Waals surface area contributed by atoms with Crippen molar-refractivity contribution in [3.05, 3.63) is 23.3 Å². The third-order valence-electron chi connectivity index (χ3n) is 8.68. The molecule has 1 saturated carbocycles. The Morgan fingerprint density at radius 3 is 2.18 bits per heavy atom. The van der Waals surface area contributed by atoms with Crippen LogP contribution < -0.4 is 10.1 Å². The molecule has 1 N–H and O–H groups in total. The van der Waals surface area contributed by atoms with E-state index in [1.807, 2.05) is 0 Å². The SMILES string of the molecule is CCN(C)CCC1CCN(C2CCC(NC(=O)CCN(C)S(=O)(=O)c3c(C)cc(OC)cc3C)CC2)CC1. The summed E-state index contributed by atoms with van der Waals surface area (Å²) in [5, 5.41) is 3.17. The number of nitrogens with one attached hydrogen (secondary N) is 1. The van der Waals surface area contributed by atoms with Crippen molar-refractivity contribution in [2.45, 2.75) is 89.1 Å². The summed E-state index contributed by atoms with van der Waals surface area (Å²) in [4.78, 5) is 18.1. The lowest BCUT2D eigenvalue weighted by Gasteiger charge is -2.41. The Balaban J connectivity index is 1.39. The summed E-state index contributed by atoms with van der Waals surface area (Å²) < 4.78 is 33.0. The van der Waals surface area contributed by atoms with Crippen molar-refractivity contribution >= 4 is 15.9 Å². The number of hydrogen-bond acceptors (Lipinski definition) is 6. The van der Waals surface area contributed by atoms with Crippen molar-refractivity contribution in [2.24, 2.45) is 5.92 Å². The Morgan fingerprint density at radius 2 is 1.63 bits per heavy atom. The third-order valence-corrected chi connectivity index (χ3v) is 10.8. The number of piperidine rings is 1. The minimum Gasteiger partial charge on any atom is -0.497 e. The summed E-state index contributed by atoms with van der Waals surface area (Å²) in [5.74, 6) is 1.42. The molecule has 8 nitrogen and oxygen atoms in total. The zero-order valence-electron chi connectivity index (χ0n) is 24.5. The van der Waals surface area contributed by atoms with E-state index in [-0.39, 0.29) is 29.8 Å². The molecule has 9 heteroatoms. The molecule has 1 saturated heterocycles. The Morgan fingerprint density at radius 1 is 1.03 bits per heavy atom. The molecule has 0 aromatic heterocycles. The first kappa shape index (κ1) is 30.9. The van der Waals surface area contributed by atoms with Gasteiger partial charge in [-0.15, -0.1) is 0 Å².